The Labute approximate surface area is 245 Å². The number of anilines is 1. The molecular formula is C30H38F4N6S. The minimum atomic E-state index is -4.26. The number of nitrogens with zero attached hydrogens (tertiary/aromatic N) is 2. The molecule has 0 saturated carbocycles. The van der Waals surface area contributed by atoms with Gasteiger partial charge >= 0.3 is 6.18 Å². The molecule has 0 saturated heterocycles. The molecule has 0 fully saturated rings. The van der Waals surface area contributed by atoms with E-state index in [1.54, 1.807) is 38.5 Å². The van der Waals surface area contributed by atoms with Gasteiger partial charge in [-0.15, -0.1) is 6.58 Å². The summed E-state index contributed by atoms with van der Waals surface area (Å²) in [5.74, 6) is -0.251. The topological polar surface area (TPSA) is 99.2 Å². The van der Waals surface area contributed by atoms with Crippen LogP contribution in [0.15, 0.2) is 95.4 Å². The first-order valence-electron chi connectivity index (χ1n) is 12.7. The molecule has 41 heavy (non-hydrogen) atoms. The lowest BCUT2D eigenvalue weighted by Crippen LogP contribution is -2.27. The van der Waals surface area contributed by atoms with Crippen LogP contribution >= 0.6 is 12.8 Å². The Morgan fingerprint density at radius 1 is 1.27 bits per heavy atom. The van der Waals surface area contributed by atoms with Crippen LogP contribution in [0.3, 0.4) is 0 Å². The average Bonchev–Trinajstić information content (AvgIpc) is 2.94. The largest absolute Gasteiger partial charge is 0.416 e. The number of hydrogen-bond acceptors (Lipinski definition) is 7. The van der Waals surface area contributed by atoms with Crippen LogP contribution in [0.4, 0.5) is 23.2 Å². The van der Waals surface area contributed by atoms with Crippen LogP contribution in [0.5, 0.6) is 0 Å². The molecular weight excluding hydrogens is 552 g/mol. The molecule has 2 aromatic rings. The van der Waals surface area contributed by atoms with Crippen molar-refractivity contribution in [1.82, 2.24) is 9.71 Å². The molecule has 1 unspecified atom stereocenters. The first kappa shape index (κ1) is 35.3. The van der Waals surface area contributed by atoms with E-state index in [1.165, 1.54) is 30.8 Å². The predicted octanol–water partition coefficient (Wildman–Crippen LogP) is 7.45. The summed E-state index contributed by atoms with van der Waals surface area (Å²) in [5, 5.41) is 9.43. The van der Waals surface area contributed by atoms with E-state index in [9.17, 15) is 17.6 Å². The van der Waals surface area contributed by atoms with E-state index in [-0.39, 0.29) is 11.2 Å². The van der Waals surface area contributed by atoms with Crippen molar-refractivity contribution in [3.63, 3.8) is 0 Å². The van der Waals surface area contributed by atoms with Crippen molar-refractivity contribution < 1.29 is 17.6 Å². The van der Waals surface area contributed by atoms with E-state index >= 15 is 0 Å². The number of aromatic nitrogens is 1. The second-order valence-electron chi connectivity index (χ2n) is 8.96. The molecule has 1 aliphatic carbocycles. The third kappa shape index (κ3) is 12.1. The zero-order valence-corrected chi connectivity index (χ0v) is 24.4. The number of aryl methyl sites for hydroxylation is 1. The molecule has 1 heterocycles. The monoisotopic (exact) mass is 590 g/mol. The third-order valence-corrected chi connectivity index (χ3v) is 6.16. The Balaban J connectivity index is 0.000000496. The van der Waals surface area contributed by atoms with Gasteiger partial charge in [0.1, 0.15) is 5.82 Å². The van der Waals surface area contributed by atoms with E-state index in [4.69, 9.17) is 11.1 Å². The molecule has 0 amide bonds. The first-order chi connectivity index (χ1) is 19.5. The third-order valence-electron chi connectivity index (χ3n) is 5.94. The minimum absolute atomic E-state index is 0.231. The zero-order chi connectivity index (χ0) is 30.9. The Bertz CT molecular complexity index is 1240. The van der Waals surface area contributed by atoms with Crippen LogP contribution in [-0.4, -0.2) is 31.0 Å². The lowest BCUT2D eigenvalue weighted by molar-refractivity contribution is -0.137. The molecule has 1 aromatic carbocycles. The highest BCUT2D eigenvalue weighted by Crippen LogP contribution is 2.44. The van der Waals surface area contributed by atoms with Gasteiger partial charge in [-0.3, -0.25) is 14.7 Å². The maximum Gasteiger partial charge on any atom is 0.416 e. The van der Waals surface area contributed by atoms with Gasteiger partial charge in [0, 0.05) is 48.5 Å². The summed E-state index contributed by atoms with van der Waals surface area (Å²) in [5.41, 5.74) is 9.30. The smallest absolute Gasteiger partial charge is 0.404 e. The number of aliphatic imine (C=N–C) groups is 1. The summed E-state index contributed by atoms with van der Waals surface area (Å²) in [7, 11) is 1.73. The van der Waals surface area contributed by atoms with Crippen molar-refractivity contribution in [1.29, 1.82) is 5.41 Å². The summed E-state index contributed by atoms with van der Waals surface area (Å²) < 4.78 is 51.9. The number of rotatable bonds is 9. The second-order valence-corrected chi connectivity index (χ2v) is 9.28. The molecule has 0 spiro atoms. The number of halogens is 4. The number of benzene rings is 1. The van der Waals surface area contributed by atoms with Crippen molar-refractivity contribution in [3.05, 3.63) is 108 Å². The first-order valence-corrected chi connectivity index (χ1v) is 13.2. The SMILES string of the molecule is C=CC1(C/C(C=NC)=C/N)CC=C(Nc2ccc(F)cc2)C=C1CCNS.CC=N.Cc1cc(C(F)(F)F)ccn1. The number of thiol groups is 1. The standard InChI is InChI=1S/C21H27FN4S.C7H6F3N.C2H5N/c1-3-21(13-16(14-23)15-24-2)10-8-20(12-17(21)9-11-25-27)26-19-6-4-18(22)5-7-19;1-5-4-6(2-3-11-5)7(8,9)10;1-2-3/h3-8,12,14-15,25-27H,1,9-11,13,23H2,2H3;2-4H,1H3;2-3H,1H3/b16-14-,24-15?;;. The van der Waals surface area contributed by atoms with Crippen molar-refractivity contribution in [2.45, 2.75) is 39.3 Å². The molecule has 6 nitrogen and oxygen atoms in total. The highest BCUT2D eigenvalue weighted by atomic mass is 32.1. The number of pyridine rings is 1. The Hall–Kier alpha value is -3.70. The van der Waals surface area contributed by atoms with Gasteiger partial charge in [0.2, 0.25) is 0 Å². The van der Waals surface area contributed by atoms with Crippen molar-refractivity contribution in [2.24, 2.45) is 16.1 Å². The lowest BCUT2D eigenvalue weighted by Gasteiger charge is -2.36. The van der Waals surface area contributed by atoms with Crippen LogP contribution < -0.4 is 15.8 Å². The van der Waals surface area contributed by atoms with Crippen molar-refractivity contribution in [2.75, 3.05) is 18.9 Å². The fraction of sp³-hybridized carbons (Fsp3) is 0.300. The second kappa shape index (κ2) is 17.9. The van der Waals surface area contributed by atoms with E-state index in [2.05, 4.69) is 51.6 Å². The van der Waals surface area contributed by atoms with Gasteiger partial charge in [0.25, 0.3) is 0 Å². The molecule has 11 heteroatoms. The van der Waals surface area contributed by atoms with Gasteiger partial charge in [-0.2, -0.15) is 13.2 Å². The summed E-state index contributed by atoms with van der Waals surface area (Å²) in [6, 6.07) is 8.30. The van der Waals surface area contributed by atoms with Crippen LogP contribution in [0, 0.1) is 23.6 Å². The molecule has 222 valence electrons. The number of allylic oxidation sites excluding steroid dienone is 4. The summed E-state index contributed by atoms with van der Waals surface area (Å²) >= 11 is 4.12. The summed E-state index contributed by atoms with van der Waals surface area (Å²) in [4.78, 5) is 7.75. The summed E-state index contributed by atoms with van der Waals surface area (Å²) in [6.07, 6.45) is 10.1. The molecule has 3 rings (SSSR count). The van der Waals surface area contributed by atoms with E-state index < -0.39 is 11.7 Å². The molecule has 1 aromatic heterocycles. The number of nitrogens with one attached hydrogen (secondary N) is 3. The van der Waals surface area contributed by atoms with Crippen molar-refractivity contribution >= 4 is 30.9 Å². The molecule has 1 atom stereocenters. The Morgan fingerprint density at radius 3 is 2.41 bits per heavy atom. The van der Waals surface area contributed by atoms with Crippen LogP contribution in [0.1, 0.15) is 37.4 Å². The number of nitrogens with two attached hydrogens (primary N) is 1. The van der Waals surface area contributed by atoms with Gasteiger partial charge in [-0.1, -0.05) is 30.5 Å². The minimum Gasteiger partial charge on any atom is -0.404 e. The molecule has 0 aliphatic heterocycles. The predicted molar refractivity (Wildman–Crippen MR) is 165 cm³/mol. The highest BCUT2D eigenvalue weighted by Gasteiger charge is 2.33. The van der Waals surface area contributed by atoms with Crippen molar-refractivity contribution in [3.8, 4) is 0 Å². The maximum atomic E-state index is 13.1. The Kier molecular flexibility index (Phi) is 15.4. The van der Waals surface area contributed by atoms with E-state index in [1.807, 2.05) is 6.08 Å². The van der Waals surface area contributed by atoms with E-state index in [0.29, 0.717) is 5.69 Å². The van der Waals surface area contributed by atoms with Gasteiger partial charge in [0.05, 0.1) is 5.56 Å². The molecule has 1 aliphatic rings. The quantitative estimate of drug-likeness (QED) is 0.0907. The van der Waals surface area contributed by atoms with Gasteiger partial charge < -0.3 is 16.5 Å². The molecule has 5 N–H and O–H groups in total. The zero-order valence-electron chi connectivity index (χ0n) is 23.5. The summed E-state index contributed by atoms with van der Waals surface area (Å²) in [6.45, 7) is 8.02. The van der Waals surface area contributed by atoms with Crippen LogP contribution in [-0.2, 0) is 6.18 Å². The number of alkyl halides is 3. The van der Waals surface area contributed by atoms with Gasteiger partial charge in [-0.05, 0) is 93.6 Å². The fourth-order valence-corrected chi connectivity index (χ4v) is 4.10. The van der Waals surface area contributed by atoms with Gasteiger partial charge in [0.15, 0.2) is 0 Å². The highest BCUT2D eigenvalue weighted by molar-refractivity contribution is 7.78. The van der Waals surface area contributed by atoms with E-state index in [0.717, 1.165) is 61.1 Å². The van der Waals surface area contributed by atoms with Crippen LogP contribution in [0.2, 0.25) is 0 Å². The molecule has 0 bridgehead atoms. The average molecular weight is 591 g/mol. The fourth-order valence-electron chi connectivity index (χ4n) is 3.98. The molecule has 0 radical (unpaired) electrons. The lowest BCUT2D eigenvalue weighted by atomic mass is 9.69. The number of hydrogen-bond donors (Lipinski definition) is 5. The van der Waals surface area contributed by atoms with Gasteiger partial charge in [-0.25, -0.2) is 4.39 Å². The Morgan fingerprint density at radius 2 is 1.93 bits per heavy atom. The maximum absolute atomic E-state index is 13.1. The van der Waals surface area contributed by atoms with Crippen LogP contribution in [0.25, 0.3) is 0 Å². The normalized spacial score (nSPS) is 16.8.